The minimum Gasteiger partial charge on any atom is -0.348 e. The van der Waals surface area contributed by atoms with Crippen LogP contribution in [-0.2, 0) is 11.8 Å². The molecule has 1 aromatic rings. The number of aromatic nitrogens is 3. The number of hydrogen-bond acceptors (Lipinski definition) is 4. The first kappa shape index (κ1) is 16.0. The molecule has 19 heavy (non-hydrogen) atoms. The molecular weight excluding hydrogens is 260 g/mol. The summed E-state index contributed by atoms with van der Waals surface area (Å²) in [6.45, 7) is 8.28. The molecule has 0 N–H and O–H groups in total. The van der Waals surface area contributed by atoms with Crippen LogP contribution in [-0.4, -0.2) is 44.9 Å². The SMILES string of the molecule is CC(C)c1nnc(S[C@@H](C(=O)N(C)C)C(C)C)n1C. The standard InChI is InChI=1S/C13H24N4OS/c1-8(2)10(12(18)16(5)6)19-13-15-14-11(9(3)4)17(13)7/h8-10H,1-7H3/t10-/m1/s1. The summed E-state index contributed by atoms with van der Waals surface area (Å²) in [4.78, 5) is 13.8. The molecule has 6 heteroatoms. The largest absolute Gasteiger partial charge is 0.348 e. The Bertz CT molecular complexity index is 440. The van der Waals surface area contributed by atoms with Crippen molar-refractivity contribution in [1.82, 2.24) is 19.7 Å². The monoisotopic (exact) mass is 284 g/mol. The summed E-state index contributed by atoms with van der Waals surface area (Å²) >= 11 is 1.50. The van der Waals surface area contributed by atoms with Gasteiger partial charge in [0.05, 0.1) is 5.25 Å². The molecule has 1 amide bonds. The Morgan fingerprint density at radius 1 is 1.21 bits per heavy atom. The number of carbonyl (C=O) groups excluding carboxylic acids is 1. The molecule has 0 aromatic carbocycles. The van der Waals surface area contributed by atoms with E-state index in [-0.39, 0.29) is 17.1 Å². The number of carbonyl (C=O) groups is 1. The van der Waals surface area contributed by atoms with E-state index in [4.69, 9.17) is 0 Å². The maximum Gasteiger partial charge on any atom is 0.235 e. The fourth-order valence-corrected chi connectivity index (χ4v) is 2.92. The molecule has 1 atom stereocenters. The number of hydrogen-bond donors (Lipinski definition) is 0. The molecule has 0 radical (unpaired) electrons. The molecule has 0 aliphatic heterocycles. The van der Waals surface area contributed by atoms with Gasteiger partial charge in [0.2, 0.25) is 5.91 Å². The van der Waals surface area contributed by atoms with Gasteiger partial charge in [0.25, 0.3) is 0 Å². The van der Waals surface area contributed by atoms with Crippen molar-refractivity contribution in [1.29, 1.82) is 0 Å². The van der Waals surface area contributed by atoms with Gasteiger partial charge in [-0.05, 0) is 5.92 Å². The highest BCUT2D eigenvalue weighted by atomic mass is 32.2. The van der Waals surface area contributed by atoms with Crippen LogP contribution in [0.25, 0.3) is 0 Å². The second-order valence-electron chi connectivity index (χ2n) is 5.57. The van der Waals surface area contributed by atoms with E-state index < -0.39 is 0 Å². The van der Waals surface area contributed by atoms with E-state index in [1.54, 1.807) is 19.0 Å². The number of rotatable bonds is 5. The molecule has 0 bridgehead atoms. The summed E-state index contributed by atoms with van der Waals surface area (Å²) in [5, 5.41) is 9.08. The molecule has 0 saturated carbocycles. The van der Waals surface area contributed by atoms with Crippen LogP contribution in [0.15, 0.2) is 5.16 Å². The molecule has 1 heterocycles. The number of amides is 1. The summed E-state index contributed by atoms with van der Waals surface area (Å²) in [5.74, 6) is 1.64. The summed E-state index contributed by atoms with van der Waals surface area (Å²) in [6.07, 6.45) is 0. The lowest BCUT2D eigenvalue weighted by Gasteiger charge is -2.22. The average Bonchev–Trinajstić information content (AvgIpc) is 2.66. The summed E-state index contributed by atoms with van der Waals surface area (Å²) in [5.41, 5.74) is 0. The lowest BCUT2D eigenvalue weighted by Crippen LogP contribution is -2.35. The van der Waals surface area contributed by atoms with Crippen molar-refractivity contribution in [2.24, 2.45) is 13.0 Å². The smallest absolute Gasteiger partial charge is 0.235 e. The molecule has 0 spiro atoms. The highest BCUT2D eigenvalue weighted by molar-refractivity contribution is 8.00. The minimum absolute atomic E-state index is 0.120. The maximum atomic E-state index is 12.2. The zero-order valence-corrected chi connectivity index (χ0v) is 13.7. The van der Waals surface area contributed by atoms with Crippen molar-refractivity contribution in [2.75, 3.05) is 14.1 Å². The molecule has 0 aliphatic rings. The molecule has 0 aliphatic carbocycles. The van der Waals surface area contributed by atoms with Crippen LogP contribution in [0, 0.1) is 5.92 Å². The number of thioether (sulfide) groups is 1. The minimum atomic E-state index is -0.127. The second kappa shape index (κ2) is 6.41. The Balaban J connectivity index is 2.95. The zero-order chi connectivity index (χ0) is 14.7. The summed E-state index contributed by atoms with van der Waals surface area (Å²) in [7, 11) is 5.53. The molecule has 0 fully saturated rings. The molecule has 0 unspecified atom stereocenters. The third-order valence-electron chi connectivity index (χ3n) is 2.91. The highest BCUT2D eigenvalue weighted by Gasteiger charge is 2.27. The van der Waals surface area contributed by atoms with Gasteiger partial charge in [0.15, 0.2) is 5.16 Å². The quantitative estimate of drug-likeness (QED) is 0.777. The van der Waals surface area contributed by atoms with E-state index in [0.717, 1.165) is 11.0 Å². The van der Waals surface area contributed by atoms with Crippen LogP contribution in [0.4, 0.5) is 0 Å². The van der Waals surface area contributed by atoms with E-state index in [2.05, 4.69) is 37.9 Å². The van der Waals surface area contributed by atoms with Gasteiger partial charge in [-0.1, -0.05) is 39.5 Å². The van der Waals surface area contributed by atoms with E-state index in [0.29, 0.717) is 5.92 Å². The topological polar surface area (TPSA) is 51.0 Å². The van der Waals surface area contributed by atoms with Crippen molar-refractivity contribution in [2.45, 2.75) is 44.0 Å². The Morgan fingerprint density at radius 2 is 1.79 bits per heavy atom. The van der Waals surface area contributed by atoms with Crippen LogP contribution in [0.5, 0.6) is 0 Å². The first-order valence-corrected chi connectivity index (χ1v) is 7.40. The van der Waals surface area contributed by atoms with Gasteiger partial charge in [-0.3, -0.25) is 4.79 Å². The lowest BCUT2D eigenvalue weighted by atomic mass is 10.1. The predicted octanol–water partition coefficient (Wildman–Crippen LogP) is 2.14. The third kappa shape index (κ3) is 3.72. The van der Waals surface area contributed by atoms with Gasteiger partial charge in [-0.25, -0.2) is 0 Å². The predicted molar refractivity (Wildman–Crippen MR) is 78.3 cm³/mol. The van der Waals surface area contributed by atoms with E-state index in [1.807, 2.05) is 11.6 Å². The Morgan fingerprint density at radius 3 is 2.16 bits per heavy atom. The Labute approximate surface area is 119 Å². The van der Waals surface area contributed by atoms with Crippen LogP contribution in [0.3, 0.4) is 0 Å². The van der Waals surface area contributed by atoms with Crippen LogP contribution >= 0.6 is 11.8 Å². The van der Waals surface area contributed by atoms with Crippen LogP contribution < -0.4 is 0 Å². The second-order valence-corrected chi connectivity index (χ2v) is 6.68. The Hall–Kier alpha value is -1.04. The summed E-state index contributed by atoms with van der Waals surface area (Å²) < 4.78 is 1.98. The summed E-state index contributed by atoms with van der Waals surface area (Å²) in [6, 6.07) is 0. The molecule has 0 saturated heterocycles. The molecule has 108 valence electrons. The zero-order valence-electron chi connectivity index (χ0n) is 12.8. The third-order valence-corrected chi connectivity index (χ3v) is 4.47. The average molecular weight is 284 g/mol. The van der Waals surface area contributed by atoms with Crippen LogP contribution in [0.2, 0.25) is 0 Å². The fourth-order valence-electron chi connectivity index (χ4n) is 1.77. The molecular formula is C13H24N4OS. The van der Waals surface area contributed by atoms with Gasteiger partial charge >= 0.3 is 0 Å². The van der Waals surface area contributed by atoms with Crippen molar-refractivity contribution >= 4 is 17.7 Å². The normalized spacial score (nSPS) is 13.1. The molecule has 1 rings (SSSR count). The van der Waals surface area contributed by atoms with Crippen LogP contribution in [0.1, 0.15) is 39.4 Å². The van der Waals surface area contributed by atoms with Crippen molar-refractivity contribution < 1.29 is 4.79 Å². The first-order chi connectivity index (χ1) is 8.75. The van der Waals surface area contributed by atoms with Crippen molar-refractivity contribution in [3.05, 3.63) is 5.82 Å². The molecule has 5 nitrogen and oxygen atoms in total. The van der Waals surface area contributed by atoms with Crippen molar-refractivity contribution in [3.8, 4) is 0 Å². The maximum absolute atomic E-state index is 12.2. The number of nitrogens with zero attached hydrogens (tertiary/aromatic N) is 4. The van der Waals surface area contributed by atoms with Crippen molar-refractivity contribution in [3.63, 3.8) is 0 Å². The lowest BCUT2D eigenvalue weighted by molar-refractivity contribution is -0.128. The van der Waals surface area contributed by atoms with Gasteiger partial charge in [-0.2, -0.15) is 0 Å². The van der Waals surface area contributed by atoms with E-state index in [9.17, 15) is 4.79 Å². The Kier molecular flexibility index (Phi) is 5.40. The fraction of sp³-hybridized carbons (Fsp3) is 0.769. The van der Waals surface area contributed by atoms with Gasteiger partial charge in [-0.15, -0.1) is 10.2 Å². The van der Waals surface area contributed by atoms with Gasteiger partial charge in [0.1, 0.15) is 5.82 Å². The van der Waals surface area contributed by atoms with E-state index >= 15 is 0 Å². The van der Waals surface area contributed by atoms with E-state index in [1.165, 1.54) is 11.8 Å². The van der Waals surface area contributed by atoms with Gasteiger partial charge < -0.3 is 9.47 Å². The highest BCUT2D eigenvalue weighted by Crippen LogP contribution is 2.29. The van der Waals surface area contributed by atoms with Gasteiger partial charge in [0, 0.05) is 27.1 Å². The molecule has 1 aromatic heterocycles. The first-order valence-electron chi connectivity index (χ1n) is 6.52.